The minimum absolute atomic E-state index is 0.107. The molecule has 8 heteroatoms. The van der Waals surface area contributed by atoms with Crippen LogP contribution in [0.4, 0.5) is 9.59 Å². The van der Waals surface area contributed by atoms with Crippen LogP contribution in [-0.4, -0.2) is 65.5 Å². The lowest BCUT2D eigenvalue weighted by molar-refractivity contribution is -0.00453. The number of hydrogen-bond donors (Lipinski definition) is 2. The molecule has 0 unspecified atom stereocenters. The molecule has 0 radical (unpaired) electrons. The van der Waals surface area contributed by atoms with Crippen LogP contribution in [0.2, 0.25) is 0 Å². The fraction of sp³-hybridized carbons (Fsp3) is 0.846. The summed E-state index contributed by atoms with van der Waals surface area (Å²) in [6.07, 6.45) is -1.53. The van der Waals surface area contributed by atoms with Crippen molar-refractivity contribution in [3.8, 4) is 0 Å². The second kappa shape index (κ2) is 7.70. The number of alkyl carbamates (subject to hydrolysis) is 1. The molecule has 21 heavy (non-hydrogen) atoms. The number of halogens is 1. The van der Waals surface area contributed by atoms with Gasteiger partial charge in [0.25, 0.3) is 0 Å². The minimum Gasteiger partial charge on any atom is -0.448 e. The first kappa shape index (κ1) is 17.8. The van der Waals surface area contributed by atoms with E-state index in [0.29, 0.717) is 13.0 Å². The summed E-state index contributed by atoms with van der Waals surface area (Å²) in [5.41, 5.74) is -0.581. The molecule has 2 N–H and O–H groups in total. The number of β-amino-alcohol motifs (C(OH)–C–C–N with tert-alkyl or cyclic N) is 1. The highest BCUT2D eigenvalue weighted by Crippen LogP contribution is 2.16. The number of carbonyl (C=O) groups excluding carboxylic acids is 2. The average molecular weight is 323 g/mol. The number of amides is 2. The molecule has 1 rings (SSSR count). The van der Waals surface area contributed by atoms with E-state index in [1.807, 2.05) is 0 Å². The summed E-state index contributed by atoms with van der Waals surface area (Å²) in [4.78, 5) is 24.7. The summed E-state index contributed by atoms with van der Waals surface area (Å²) in [5.74, 6) is 0.215. The van der Waals surface area contributed by atoms with Gasteiger partial charge in [-0.25, -0.2) is 9.59 Å². The van der Waals surface area contributed by atoms with Crippen molar-refractivity contribution >= 4 is 23.8 Å². The fourth-order valence-electron chi connectivity index (χ4n) is 1.92. The Bertz CT molecular complexity index is 372. The largest absolute Gasteiger partial charge is 0.448 e. The molecule has 0 aromatic heterocycles. The normalized spacial score (nSPS) is 22.6. The van der Waals surface area contributed by atoms with E-state index < -0.39 is 29.9 Å². The van der Waals surface area contributed by atoms with E-state index in [1.165, 1.54) is 4.90 Å². The molecule has 0 aliphatic carbocycles. The van der Waals surface area contributed by atoms with Crippen LogP contribution in [0.5, 0.6) is 0 Å². The van der Waals surface area contributed by atoms with E-state index in [0.717, 1.165) is 0 Å². The van der Waals surface area contributed by atoms with Gasteiger partial charge in [-0.2, -0.15) is 0 Å². The SMILES string of the molecule is CC(C)(C)OC(=O)N1CC[C@@H](NC(=O)OCCCl)[C@H](O)C1. The maximum Gasteiger partial charge on any atom is 0.410 e. The van der Waals surface area contributed by atoms with Crippen LogP contribution < -0.4 is 5.32 Å². The quantitative estimate of drug-likeness (QED) is 0.765. The molecule has 122 valence electrons. The average Bonchev–Trinajstić information content (AvgIpc) is 2.36. The van der Waals surface area contributed by atoms with Gasteiger partial charge < -0.3 is 24.8 Å². The van der Waals surface area contributed by atoms with Crippen LogP contribution in [-0.2, 0) is 9.47 Å². The summed E-state index contributed by atoms with van der Waals surface area (Å²) in [6, 6.07) is -0.452. The lowest BCUT2D eigenvalue weighted by atomic mass is 10.0. The van der Waals surface area contributed by atoms with E-state index in [1.54, 1.807) is 20.8 Å². The van der Waals surface area contributed by atoms with Gasteiger partial charge in [0.05, 0.1) is 24.6 Å². The lowest BCUT2D eigenvalue weighted by Gasteiger charge is -2.36. The number of nitrogens with one attached hydrogen (secondary N) is 1. The zero-order valence-electron chi connectivity index (χ0n) is 12.6. The van der Waals surface area contributed by atoms with Crippen molar-refractivity contribution in [1.82, 2.24) is 10.2 Å². The first-order valence-corrected chi connectivity index (χ1v) is 7.41. The number of aliphatic hydroxyl groups is 1. The van der Waals surface area contributed by atoms with Crippen molar-refractivity contribution in [2.24, 2.45) is 0 Å². The Morgan fingerprint density at radius 3 is 2.62 bits per heavy atom. The van der Waals surface area contributed by atoms with Crippen LogP contribution >= 0.6 is 11.6 Å². The third-order valence-corrected chi connectivity index (χ3v) is 3.00. The van der Waals surface area contributed by atoms with Crippen LogP contribution in [0.3, 0.4) is 0 Å². The van der Waals surface area contributed by atoms with Crippen LogP contribution in [0.15, 0.2) is 0 Å². The smallest absolute Gasteiger partial charge is 0.410 e. The molecule has 0 spiro atoms. The van der Waals surface area contributed by atoms with Crippen LogP contribution in [0, 0.1) is 0 Å². The molecule has 0 bridgehead atoms. The predicted octanol–water partition coefficient (Wildman–Crippen LogP) is 1.32. The van der Waals surface area contributed by atoms with Gasteiger partial charge in [-0.3, -0.25) is 0 Å². The number of nitrogens with zero attached hydrogens (tertiary/aromatic N) is 1. The Balaban J connectivity index is 2.43. The third kappa shape index (κ3) is 6.39. The maximum absolute atomic E-state index is 11.9. The maximum atomic E-state index is 11.9. The predicted molar refractivity (Wildman–Crippen MR) is 77.4 cm³/mol. The molecule has 2 atom stereocenters. The molecule has 1 aliphatic rings. The summed E-state index contributed by atoms with van der Waals surface area (Å²) in [7, 11) is 0. The van der Waals surface area contributed by atoms with Gasteiger partial charge >= 0.3 is 12.2 Å². The number of ether oxygens (including phenoxy) is 2. The molecular formula is C13H23ClN2O5. The Kier molecular flexibility index (Phi) is 6.54. The van der Waals surface area contributed by atoms with Gasteiger partial charge in [-0.05, 0) is 27.2 Å². The van der Waals surface area contributed by atoms with Crippen LogP contribution in [0.1, 0.15) is 27.2 Å². The highest BCUT2D eigenvalue weighted by Gasteiger charge is 2.33. The molecule has 0 aromatic carbocycles. The Labute approximate surface area is 129 Å². The minimum atomic E-state index is -0.866. The monoisotopic (exact) mass is 322 g/mol. The first-order valence-electron chi connectivity index (χ1n) is 6.88. The van der Waals surface area contributed by atoms with E-state index in [9.17, 15) is 14.7 Å². The number of likely N-dealkylation sites (tertiary alicyclic amines) is 1. The van der Waals surface area contributed by atoms with E-state index >= 15 is 0 Å². The second-order valence-corrected chi connectivity index (χ2v) is 6.24. The van der Waals surface area contributed by atoms with E-state index in [2.05, 4.69) is 5.32 Å². The first-order chi connectivity index (χ1) is 9.73. The molecule has 1 aliphatic heterocycles. The van der Waals surface area contributed by atoms with Crippen molar-refractivity contribution in [3.05, 3.63) is 0 Å². The van der Waals surface area contributed by atoms with Crippen molar-refractivity contribution in [2.45, 2.75) is 44.9 Å². The Morgan fingerprint density at radius 2 is 2.10 bits per heavy atom. The highest BCUT2D eigenvalue weighted by atomic mass is 35.5. The molecule has 1 fully saturated rings. The fourth-order valence-corrected chi connectivity index (χ4v) is 1.99. The number of aliphatic hydroxyl groups excluding tert-OH is 1. The van der Waals surface area contributed by atoms with Gasteiger partial charge in [-0.15, -0.1) is 11.6 Å². The second-order valence-electron chi connectivity index (χ2n) is 5.86. The zero-order valence-corrected chi connectivity index (χ0v) is 13.4. The van der Waals surface area contributed by atoms with Gasteiger partial charge in [-0.1, -0.05) is 0 Å². The van der Waals surface area contributed by atoms with Crippen molar-refractivity contribution in [1.29, 1.82) is 0 Å². The molecule has 1 heterocycles. The highest BCUT2D eigenvalue weighted by molar-refractivity contribution is 6.18. The summed E-state index contributed by atoms with van der Waals surface area (Å²) < 4.78 is 10.0. The topological polar surface area (TPSA) is 88.1 Å². The van der Waals surface area contributed by atoms with Gasteiger partial charge in [0.2, 0.25) is 0 Å². The van der Waals surface area contributed by atoms with Crippen LogP contribution in [0.25, 0.3) is 0 Å². The van der Waals surface area contributed by atoms with Gasteiger partial charge in [0, 0.05) is 6.54 Å². The Hall–Kier alpha value is -1.21. The molecule has 2 amide bonds. The number of hydrogen-bond acceptors (Lipinski definition) is 5. The molecule has 0 saturated carbocycles. The van der Waals surface area contributed by atoms with Crippen molar-refractivity contribution in [2.75, 3.05) is 25.6 Å². The molecule has 1 saturated heterocycles. The molecular weight excluding hydrogens is 300 g/mol. The zero-order chi connectivity index (χ0) is 16.0. The van der Waals surface area contributed by atoms with Gasteiger partial charge in [0.15, 0.2) is 0 Å². The summed E-state index contributed by atoms with van der Waals surface area (Å²) >= 11 is 5.41. The van der Waals surface area contributed by atoms with E-state index in [-0.39, 0.29) is 19.0 Å². The third-order valence-electron chi connectivity index (χ3n) is 2.85. The lowest BCUT2D eigenvalue weighted by Crippen LogP contribution is -2.56. The summed E-state index contributed by atoms with van der Waals surface area (Å²) in [6.45, 7) is 5.95. The number of piperidine rings is 1. The number of alkyl halides is 1. The van der Waals surface area contributed by atoms with Gasteiger partial charge in [0.1, 0.15) is 12.2 Å². The van der Waals surface area contributed by atoms with Crippen molar-refractivity contribution < 1.29 is 24.2 Å². The van der Waals surface area contributed by atoms with Crippen molar-refractivity contribution in [3.63, 3.8) is 0 Å². The van der Waals surface area contributed by atoms with E-state index in [4.69, 9.17) is 21.1 Å². The number of rotatable bonds is 3. The standard InChI is InChI=1S/C13H23ClN2O5/c1-13(2,3)21-12(19)16-6-4-9(10(17)8-16)15-11(18)20-7-5-14/h9-10,17H,4-8H2,1-3H3,(H,15,18)/t9-,10-/m1/s1. The Morgan fingerprint density at radius 1 is 1.43 bits per heavy atom. The molecule has 0 aromatic rings. The molecule has 7 nitrogen and oxygen atoms in total. The number of carbonyl (C=O) groups is 2. The summed E-state index contributed by atoms with van der Waals surface area (Å²) in [5, 5.41) is 12.6.